The molecule has 0 atom stereocenters. The molecule has 1 aromatic carbocycles. The lowest BCUT2D eigenvalue weighted by Gasteiger charge is -2.07. The molecule has 3 rings (SSSR count). The Kier molecular flexibility index (Phi) is 3.31. The van der Waals surface area contributed by atoms with Crippen LogP contribution in [0.2, 0.25) is 0 Å². The van der Waals surface area contributed by atoms with Crippen molar-refractivity contribution < 1.29 is 14.3 Å². The zero-order chi connectivity index (χ0) is 14.8. The predicted octanol–water partition coefficient (Wildman–Crippen LogP) is 1.35. The van der Waals surface area contributed by atoms with Crippen LogP contribution in [0.3, 0.4) is 0 Å². The van der Waals surface area contributed by atoms with Crippen LogP contribution in [0.25, 0.3) is 22.1 Å². The zero-order valence-electron chi connectivity index (χ0n) is 11.3. The quantitative estimate of drug-likeness (QED) is 0.557. The number of esters is 1. The Morgan fingerprint density at radius 1 is 1.24 bits per heavy atom. The number of fused-ring (bicyclic) bond motifs is 2. The molecule has 0 unspecified atom stereocenters. The van der Waals surface area contributed by atoms with Gasteiger partial charge in [-0.05, 0) is 24.3 Å². The van der Waals surface area contributed by atoms with Gasteiger partial charge in [0.1, 0.15) is 19.0 Å². The van der Waals surface area contributed by atoms with E-state index in [9.17, 15) is 9.59 Å². The lowest BCUT2D eigenvalue weighted by Crippen LogP contribution is -2.09. The number of rotatable bonds is 4. The van der Waals surface area contributed by atoms with E-state index in [1.807, 2.05) is 12.1 Å². The molecular formula is C14H13N3O4. The van der Waals surface area contributed by atoms with E-state index in [0.29, 0.717) is 16.9 Å². The fourth-order valence-electron chi connectivity index (χ4n) is 2.04. The highest BCUT2D eigenvalue weighted by molar-refractivity contribution is 5.89. The number of H-pyrrole nitrogens is 2. The monoisotopic (exact) mass is 287 g/mol. The van der Waals surface area contributed by atoms with Crippen molar-refractivity contribution in [2.45, 2.75) is 6.92 Å². The van der Waals surface area contributed by atoms with Gasteiger partial charge in [-0.15, -0.1) is 0 Å². The number of carbonyl (C=O) groups excluding carboxylic acids is 1. The highest BCUT2D eigenvalue weighted by Gasteiger charge is 2.04. The molecule has 0 spiro atoms. The fourth-order valence-corrected chi connectivity index (χ4v) is 2.04. The first-order valence-corrected chi connectivity index (χ1v) is 6.41. The van der Waals surface area contributed by atoms with Gasteiger partial charge in [-0.25, -0.2) is 9.78 Å². The summed E-state index contributed by atoms with van der Waals surface area (Å²) in [5.74, 6) is 0.314. The van der Waals surface area contributed by atoms with Crippen LogP contribution in [0.1, 0.15) is 6.92 Å². The number of aromatic amines is 2. The Balaban J connectivity index is 1.83. The molecule has 3 aromatic rings. The fraction of sp³-hybridized carbons (Fsp3) is 0.214. The second kappa shape index (κ2) is 5.28. The summed E-state index contributed by atoms with van der Waals surface area (Å²) in [5.41, 5.74) is 1.64. The standard InChI is InChI=1S/C14H13N3O4/c1-8(18)20-4-5-21-10-2-3-11-9(6-10)7-12-13(15-11)17-14(19)16-12/h2-3,6-7H,4-5H2,1H3,(H2,15,16,17,19). The van der Waals surface area contributed by atoms with Crippen LogP contribution in [-0.4, -0.2) is 34.1 Å². The molecule has 108 valence electrons. The largest absolute Gasteiger partial charge is 0.490 e. The van der Waals surface area contributed by atoms with E-state index < -0.39 is 0 Å². The lowest BCUT2D eigenvalue weighted by molar-refractivity contribution is -0.141. The van der Waals surface area contributed by atoms with Gasteiger partial charge in [-0.3, -0.25) is 9.78 Å². The maximum absolute atomic E-state index is 11.2. The minimum Gasteiger partial charge on any atom is -0.490 e. The van der Waals surface area contributed by atoms with Crippen molar-refractivity contribution in [3.05, 3.63) is 34.7 Å². The third kappa shape index (κ3) is 2.86. The Morgan fingerprint density at radius 2 is 2.10 bits per heavy atom. The third-order valence-corrected chi connectivity index (χ3v) is 2.92. The highest BCUT2D eigenvalue weighted by atomic mass is 16.6. The first-order chi connectivity index (χ1) is 10.1. The Bertz CT molecular complexity index is 865. The van der Waals surface area contributed by atoms with Gasteiger partial charge in [0.2, 0.25) is 0 Å². The molecule has 0 saturated carbocycles. The zero-order valence-corrected chi connectivity index (χ0v) is 11.3. The van der Waals surface area contributed by atoms with Crippen molar-refractivity contribution in [2.75, 3.05) is 13.2 Å². The molecule has 0 bridgehead atoms. The Morgan fingerprint density at radius 3 is 2.90 bits per heavy atom. The van der Waals surface area contributed by atoms with Crippen molar-refractivity contribution >= 4 is 28.0 Å². The average Bonchev–Trinajstić information content (AvgIpc) is 2.79. The summed E-state index contributed by atoms with van der Waals surface area (Å²) < 4.78 is 10.3. The van der Waals surface area contributed by atoms with Gasteiger partial charge in [-0.2, -0.15) is 0 Å². The van der Waals surface area contributed by atoms with Crippen LogP contribution in [0, 0.1) is 0 Å². The molecule has 7 heteroatoms. The molecule has 2 heterocycles. The van der Waals surface area contributed by atoms with E-state index in [-0.39, 0.29) is 24.9 Å². The van der Waals surface area contributed by atoms with Gasteiger partial charge in [0, 0.05) is 12.3 Å². The second-order valence-corrected chi connectivity index (χ2v) is 4.51. The number of hydrogen-bond acceptors (Lipinski definition) is 5. The van der Waals surface area contributed by atoms with Crippen LogP contribution in [-0.2, 0) is 9.53 Å². The van der Waals surface area contributed by atoms with Crippen LogP contribution < -0.4 is 10.4 Å². The van der Waals surface area contributed by atoms with Crippen molar-refractivity contribution in [1.82, 2.24) is 15.0 Å². The first kappa shape index (κ1) is 13.2. The van der Waals surface area contributed by atoms with E-state index in [1.54, 1.807) is 12.1 Å². The van der Waals surface area contributed by atoms with Gasteiger partial charge in [0.05, 0.1) is 11.0 Å². The number of imidazole rings is 1. The molecule has 0 aliphatic carbocycles. The molecule has 2 aromatic heterocycles. The van der Waals surface area contributed by atoms with E-state index in [2.05, 4.69) is 15.0 Å². The van der Waals surface area contributed by atoms with E-state index in [1.165, 1.54) is 6.92 Å². The normalized spacial score (nSPS) is 10.9. The second-order valence-electron chi connectivity index (χ2n) is 4.51. The van der Waals surface area contributed by atoms with Gasteiger partial charge >= 0.3 is 11.7 Å². The summed E-state index contributed by atoms with van der Waals surface area (Å²) in [5, 5.41) is 0.850. The summed E-state index contributed by atoms with van der Waals surface area (Å²) in [6.45, 7) is 1.84. The summed E-state index contributed by atoms with van der Waals surface area (Å²) >= 11 is 0. The predicted molar refractivity (Wildman–Crippen MR) is 76.3 cm³/mol. The van der Waals surface area contributed by atoms with Crippen LogP contribution in [0.15, 0.2) is 29.1 Å². The number of nitrogens with zero attached hydrogens (tertiary/aromatic N) is 1. The van der Waals surface area contributed by atoms with E-state index >= 15 is 0 Å². The van der Waals surface area contributed by atoms with Gasteiger partial charge in [0.15, 0.2) is 5.65 Å². The molecule has 7 nitrogen and oxygen atoms in total. The van der Waals surface area contributed by atoms with Crippen molar-refractivity contribution in [2.24, 2.45) is 0 Å². The van der Waals surface area contributed by atoms with Crippen molar-refractivity contribution in [1.29, 1.82) is 0 Å². The number of carbonyl (C=O) groups is 1. The van der Waals surface area contributed by atoms with E-state index in [0.717, 1.165) is 10.9 Å². The minimum atomic E-state index is -0.333. The van der Waals surface area contributed by atoms with Gasteiger partial charge in [0.25, 0.3) is 0 Å². The Labute approximate surface area is 118 Å². The highest BCUT2D eigenvalue weighted by Crippen LogP contribution is 2.21. The van der Waals surface area contributed by atoms with Crippen LogP contribution in [0.5, 0.6) is 5.75 Å². The Hall–Kier alpha value is -2.83. The van der Waals surface area contributed by atoms with Crippen molar-refractivity contribution in [3.63, 3.8) is 0 Å². The maximum Gasteiger partial charge on any atom is 0.325 e. The van der Waals surface area contributed by atoms with Gasteiger partial charge in [-0.1, -0.05) is 0 Å². The number of pyridine rings is 1. The number of benzene rings is 1. The van der Waals surface area contributed by atoms with Crippen molar-refractivity contribution in [3.8, 4) is 5.75 Å². The average molecular weight is 287 g/mol. The number of hydrogen-bond donors (Lipinski definition) is 2. The molecule has 0 saturated heterocycles. The maximum atomic E-state index is 11.2. The summed E-state index contributed by atoms with van der Waals surface area (Å²) in [6, 6.07) is 7.23. The SMILES string of the molecule is CC(=O)OCCOc1ccc2nc3[nH]c(=O)[nH]c3cc2c1. The first-order valence-electron chi connectivity index (χ1n) is 6.41. The summed E-state index contributed by atoms with van der Waals surface area (Å²) in [7, 11) is 0. The third-order valence-electron chi connectivity index (χ3n) is 2.92. The smallest absolute Gasteiger partial charge is 0.325 e. The van der Waals surface area contributed by atoms with Crippen LogP contribution in [0.4, 0.5) is 0 Å². The molecule has 0 fully saturated rings. The number of ether oxygens (including phenoxy) is 2. The lowest BCUT2D eigenvalue weighted by atomic mass is 10.2. The number of nitrogens with one attached hydrogen (secondary N) is 2. The molecule has 21 heavy (non-hydrogen) atoms. The molecule has 0 aliphatic heterocycles. The summed E-state index contributed by atoms with van der Waals surface area (Å²) in [6.07, 6.45) is 0. The molecule has 2 N–H and O–H groups in total. The summed E-state index contributed by atoms with van der Waals surface area (Å²) in [4.78, 5) is 31.5. The molecular weight excluding hydrogens is 274 g/mol. The molecule has 0 aliphatic rings. The number of aromatic nitrogens is 3. The van der Waals surface area contributed by atoms with Crippen LogP contribution >= 0.6 is 0 Å². The van der Waals surface area contributed by atoms with E-state index in [4.69, 9.17) is 9.47 Å². The molecule has 0 amide bonds. The van der Waals surface area contributed by atoms with Gasteiger partial charge < -0.3 is 14.5 Å². The molecule has 0 radical (unpaired) electrons. The minimum absolute atomic E-state index is 0.204. The topological polar surface area (TPSA) is 97.1 Å².